The molecule has 0 aromatic rings. The molecule has 0 saturated heterocycles. The lowest BCUT2D eigenvalue weighted by Gasteiger charge is -2.44. The SMILES string of the molecule is C=C1/C(=C/C=C2/CCC[C@@]3(C)C2CC[C@@H]3[C@H](C)CCCC(C)(C)O)C[C@@H](O)C[C@@H]1O. The van der Waals surface area contributed by atoms with Crippen LogP contribution in [0.5, 0.6) is 0 Å². The van der Waals surface area contributed by atoms with Gasteiger partial charge in [-0.25, -0.2) is 0 Å². The van der Waals surface area contributed by atoms with Crippen LogP contribution >= 0.6 is 0 Å². The fourth-order valence-corrected chi connectivity index (χ4v) is 6.74. The average Bonchev–Trinajstić information content (AvgIpc) is 3.00. The van der Waals surface area contributed by atoms with Crippen LogP contribution in [0.3, 0.4) is 0 Å². The lowest BCUT2D eigenvalue weighted by Crippen LogP contribution is -2.36. The van der Waals surface area contributed by atoms with Crippen LogP contribution in [-0.2, 0) is 0 Å². The van der Waals surface area contributed by atoms with E-state index in [4.69, 9.17) is 0 Å². The maximum absolute atomic E-state index is 10.1. The summed E-state index contributed by atoms with van der Waals surface area (Å²) in [6.07, 6.45) is 13.9. The fraction of sp³-hybridized carbons (Fsp3) is 0.778. The minimum absolute atomic E-state index is 0.374. The fourth-order valence-electron chi connectivity index (χ4n) is 6.74. The van der Waals surface area contributed by atoms with Gasteiger partial charge in [0.25, 0.3) is 0 Å². The van der Waals surface area contributed by atoms with Crippen molar-refractivity contribution in [3.63, 3.8) is 0 Å². The quantitative estimate of drug-likeness (QED) is 0.520. The van der Waals surface area contributed by atoms with Gasteiger partial charge in [-0.2, -0.15) is 0 Å². The van der Waals surface area contributed by atoms with E-state index in [-0.39, 0.29) is 0 Å². The van der Waals surface area contributed by atoms with Crippen LogP contribution in [0, 0.1) is 23.2 Å². The van der Waals surface area contributed by atoms with Crippen LogP contribution in [0.4, 0.5) is 0 Å². The third-order valence-electron chi connectivity index (χ3n) is 8.44. The number of hydrogen-bond donors (Lipinski definition) is 3. The zero-order valence-electron chi connectivity index (χ0n) is 19.7. The van der Waals surface area contributed by atoms with Crippen LogP contribution < -0.4 is 0 Å². The van der Waals surface area contributed by atoms with E-state index in [0.29, 0.717) is 30.1 Å². The molecule has 3 aliphatic carbocycles. The lowest BCUT2D eigenvalue weighted by atomic mass is 9.60. The molecule has 3 aliphatic rings. The summed E-state index contributed by atoms with van der Waals surface area (Å²) in [5.74, 6) is 2.11. The van der Waals surface area contributed by atoms with Crippen molar-refractivity contribution in [3.8, 4) is 0 Å². The summed E-state index contributed by atoms with van der Waals surface area (Å²) in [5, 5.41) is 30.2. The average molecular weight is 417 g/mol. The second-order valence-electron chi connectivity index (χ2n) is 11.3. The summed E-state index contributed by atoms with van der Waals surface area (Å²) in [6.45, 7) is 12.8. The van der Waals surface area contributed by atoms with Gasteiger partial charge in [-0.3, -0.25) is 0 Å². The molecule has 170 valence electrons. The van der Waals surface area contributed by atoms with Crippen LogP contribution in [0.25, 0.3) is 0 Å². The second kappa shape index (κ2) is 9.30. The molecule has 0 aromatic heterocycles. The summed E-state index contributed by atoms with van der Waals surface area (Å²) in [5.41, 5.74) is 3.17. The molecule has 3 N–H and O–H groups in total. The molecule has 0 amide bonds. The highest BCUT2D eigenvalue weighted by molar-refractivity contribution is 5.38. The number of rotatable bonds is 6. The molecule has 3 rings (SSSR count). The van der Waals surface area contributed by atoms with Crippen molar-refractivity contribution >= 4 is 0 Å². The van der Waals surface area contributed by atoms with Crippen molar-refractivity contribution < 1.29 is 15.3 Å². The van der Waals surface area contributed by atoms with E-state index in [1.807, 2.05) is 13.8 Å². The Morgan fingerprint density at radius 1 is 1.23 bits per heavy atom. The van der Waals surface area contributed by atoms with Gasteiger partial charge in [0, 0.05) is 6.42 Å². The maximum Gasteiger partial charge on any atom is 0.0811 e. The van der Waals surface area contributed by atoms with Crippen LogP contribution in [0.1, 0.15) is 91.9 Å². The monoisotopic (exact) mass is 416 g/mol. The molecule has 0 aromatic carbocycles. The molecule has 1 unspecified atom stereocenters. The number of aliphatic hydroxyl groups excluding tert-OH is 2. The first-order valence-electron chi connectivity index (χ1n) is 12.2. The molecule has 0 spiro atoms. The molecule has 3 saturated carbocycles. The molecule has 3 fully saturated rings. The molecule has 0 radical (unpaired) electrons. The Kier molecular flexibility index (Phi) is 7.37. The lowest BCUT2D eigenvalue weighted by molar-refractivity contribution is 0.0596. The van der Waals surface area contributed by atoms with Gasteiger partial charge in [0.1, 0.15) is 0 Å². The van der Waals surface area contributed by atoms with Crippen LogP contribution in [0.2, 0.25) is 0 Å². The first-order valence-corrected chi connectivity index (χ1v) is 12.2. The first kappa shape index (κ1) is 23.8. The van der Waals surface area contributed by atoms with Gasteiger partial charge in [-0.05, 0) is 93.1 Å². The third-order valence-corrected chi connectivity index (χ3v) is 8.44. The molecule has 0 aliphatic heterocycles. The highest BCUT2D eigenvalue weighted by Crippen LogP contribution is 2.60. The maximum atomic E-state index is 10.1. The van der Waals surface area contributed by atoms with Crippen molar-refractivity contribution in [2.75, 3.05) is 0 Å². The second-order valence-corrected chi connectivity index (χ2v) is 11.3. The summed E-state index contributed by atoms with van der Waals surface area (Å²) >= 11 is 0. The van der Waals surface area contributed by atoms with Crippen molar-refractivity contribution in [3.05, 3.63) is 35.5 Å². The predicted octanol–water partition coefficient (Wildman–Crippen LogP) is 5.70. The van der Waals surface area contributed by atoms with Gasteiger partial charge < -0.3 is 15.3 Å². The van der Waals surface area contributed by atoms with E-state index in [2.05, 4.69) is 32.6 Å². The third kappa shape index (κ3) is 5.29. The van der Waals surface area contributed by atoms with E-state index < -0.39 is 17.8 Å². The van der Waals surface area contributed by atoms with Gasteiger partial charge in [-0.1, -0.05) is 51.0 Å². The molecule has 3 nitrogen and oxygen atoms in total. The predicted molar refractivity (Wildman–Crippen MR) is 124 cm³/mol. The van der Waals surface area contributed by atoms with Gasteiger partial charge >= 0.3 is 0 Å². The van der Waals surface area contributed by atoms with Crippen LogP contribution in [-0.4, -0.2) is 33.1 Å². The molecule has 30 heavy (non-hydrogen) atoms. The van der Waals surface area contributed by atoms with Gasteiger partial charge in [-0.15, -0.1) is 0 Å². The standard InChI is InChI=1S/C27H44O3/c1-18(8-6-14-26(3,4)30)23-12-13-24-20(9-7-15-27(23,24)5)10-11-21-16-22(28)17-25(29)19(21)2/h10-11,18,22-25,28-30H,2,6-9,12-17H2,1,3-5H3/b20-10-,21-11+/t18-,22-,23-,24?,25+,27-/m1/s1. The van der Waals surface area contributed by atoms with Crippen molar-refractivity contribution in [1.29, 1.82) is 0 Å². The molecular weight excluding hydrogens is 372 g/mol. The minimum Gasteiger partial charge on any atom is -0.393 e. The van der Waals surface area contributed by atoms with Crippen molar-refractivity contribution in [2.24, 2.45) is 23.2 Å². The van der Waals surface area contributed by atoms with E-state index in [1.54, 1.807) is 5.57 Å². The number of aliphatic hydroxyl groups is 3. The molecule has 3 heteroatoms. The first-order chi connectivity index (χ1) is 14.0. The van der Waals surface area contributed by atoms with Crippen molar-refractivity contribution in [2.45, 2.75) is 110 Å². The zero-order valence-corrected chi connectivity index (χ0v) is 19.7. The molecule has 0 heterocycles. The highest BCUT2D eigenvalue weighted by Gasteiger charge is 2.50. The number of hydrogen-bond acceptors (Lipinski definition) is 3. The Labute approximate surface area is 184 Å². The Morgan fingerprint density at radius 2 is 1.97 bits per heavy atom. The van der Waals surface area contributed by atoms with Gasteiger partial charge in [0.15, 0.2) is 0 Å². The van der Waals surface area contributed by atoms with E-state index in [9.17, 15) is 15.3 Å². The summed E-state index contributed by atoms with van der Waals surface area (Å²) < 4.78 is 0. The Morgan fingerprint density at radius 3 is 2.67 bits per heavy atom. The highest BCUT2D eigenvalue weighted by atomic mass is 16.3. The molecule has 0 bridgehead atoms. The molecular formula is C27H44O3. The number of allylic oxidation sites excluding steroid dienone is 3. The zero-order chi connectivity index (χ0) is 22.1. The Balaban J connectivity index is 1.70. The topological polar surface area (TPSA) is 60.7 Å². The summed E-state index contributed by atoms with van der Waals surface area (Å²) in [7, 11) is 0. The van der Waals surface area contributed by atoms with Gasteiger partial charge in [0.05, 0.1) is 17.8 Å². The smallest absolute Gasteiger partial charge is 0.0811 e. The minimum atomic E-state index is -0.615. The van der Waals surface area contributed by atoms with Crippen LogP contribution in [0.15, 0.2) is 35.5 Å². The number of fused-ring (bicyclic) bond motifs is 1. The van der Waals surface area contributed by atoms with E-state index >= 15 is 0 Å². The summed E-state index contributed by atoms with van der Waals surface area (Å²) in [6, 6.07) is 0. The van der Waals surface area contributed by atoms with Gasteiger partial charge in [0.2, 0.25) is 0 Å². The largest absolute Gasteiger partial charge is 0.393 e. The van der Waals surface area contributed by atoms with E-state index in [1.165, 1.54) is 38.5 Å². The summed E-state index contributed by atoms with van der Waals surface area (Å²) in [4.78, 5) is 0. The van der Waals surface area contributed by atoms with E-state index in [0.717, 1.165) is 29.9 Å². The van der Waals surface area contributed by atoms with Crippen molar-refractivity contribution in [1.82, 2.24) is 0 Å². The Hall–Kier alpha value is -0.900. The normalized spacial score (nSPS) is 38.8. The molecule has 6 atom stereocenters. The Bertz CT molecular complexity index is 683.